The fraction of sp³-hybridized carbons (Fsp3) is 0.560. The zero-order valence-electron chi connectivity index (χ0n) is 19.0. The van der Waals surface area contributed by atoms with Gasteiger partial charge in [0.05, 0.1) is 12.8 Å². The second kappa shape index (κ2) is 9.76. The molecule has 1 aliphatic heterocycles. The number of rotatable bonds is 7. The molecule has 0 aromatic heterocycles. The van der Waals surface area contributed by atoms with Crippen LogP contribution in [-0.2, 0) is 4.79 Å². The third-order valence-corrected chi connectivity index (χ3v) is 6.96. The Labute approximate surface area is 188 Å². The zero-order chi connectivity index (χ0) is 22.7. The van der Waals surface area contributed by atoms with Crippen LogP contribution in [0, 0.1) is 18.8 Å². The Morgan fingerprint density at radius 2 is 1.78 bits per heavy atom. The molecule has 0 bridgehead atoms. The molecule has 4 rings (SSSR count). The molecule has 172 valence electrons. The molecule has 0 spiro atoms. The molecule has 1 aliphatic carbocycles. The van der Waals surface area contributed by atoms with Crippen LogP contribution in [0.2, 0.25) is 0 Å². The Morgan fingerprint density at radius 3 is 2.47 bits per heavy atom. The first-order valence-electron chi connectivity index (χ1n) is 11.8. The molecule has 2 N–H and O–H groups in total. The van der Waals surface area contributed by atoms with Crippen molar-refractivity contribution in [2.75, 3.05) is 42.3 Å². The number of carbonyl (C=O) groups excluding carboxylic acids is 1. The standard InChI is InChI=1S/C25H33N3O4/c1-16-6-11-20(32-2)19(14-16)27-25(31)18-9-7-17(8-10-18)15-26-21-22(24(30)23(21)29)28-12-4-3-5-13-28/h6,11,14,17-18,26H,3-5,7-10,12-13,15H2,1-2H3,(H,27,31). The molecule has 7 heteroatoms. The van der Waals surface area contributed by atoms with Gasteiger partial charge < -0.3 is 20.3 Å². The minimum absolute atomic E-state index is 0.0218. The third-order valence-electron chi connectivity index (χ3n) is 6.96. The van der Waals surface area contributed by atoms with E-state index in [1.54, 1.807) is 7.11 Å². The highest BCUT2D eigenvalue weighted by molar-refractivity contribution is 5.94. The van der Waals surface area contributed by atoms with E-state index in [0.29, 0.717) is 35.3 Å². The van der Waals surface area contributed by atoms with Crippen molar-refractivity contribution in [1.82, 2.24) is 0 Å². The van der Waals surface area contributed by atoms with Crippen LogP contribution in [0.5, 0.6) is 5.75 Å². The van der Waals surface area contributed by atoms with Gasteiger partial charge >= 0.3 is 0 Å². The van der Waals surface area contributed by atoms with Gasteiger partial charge in [0.25, 0.3) is 10.9 Å². The maximum atomic E-state index is 12.8. The highest BCUT2D eigenvalue weighted by Gasteiger charge is 2.30. The van der Waals surface area contributed by atoms with E-state index in [1.165, 1.54) is 6.42 Å². The summed E-state index contributed by atoms with van der Waals surface area (Å²) >= 11 is 0. The Bertz CT molecular complexity index is 1030. The van der Waals surface area contributed by atoms with Crippen molar-refractivity contribution in [1.29, 1.82) is 0 Å². The lowest BCUT2D eigenvalue weighted by atomic mass is 9.81. The molecule has 2 fully saturated rings. The summed E-state index contributed by atoms with van der Waals surface area (Å²) in [7, 11) is 1.60. The van der Waals surface area contributed by atoms with Crippen molar-refractivity contribution >= 4 is 23.0 Å². The Morgan fingerprint density at radius 1 is 1.06 bits per heavy atom. The van der Waals surface area contributed by atoms with E-state index in [1.807, 2.05) is 25.1 Å². The summed E-state index contributed by atoms with van der Waals surface area (Å²) in [5, 5.41) is 6.31. The molecule has 32 heavy (non-hydrogen) atoms. The average Bonchev–Trinajstić information content (AvgIpc) is 2.82. The second-order valence-electron chi connectivity index (χ2n) is 9.22. The van der Waals surface area contributed by atoms with Crippen molar-refractivity contribution < 1.29 is 9.53 Å². The molecule has 7 nitrogen and oxygen atoms in total. The lowest BCUT2D eigenvalue weighted by Gasteiger charge is -2.32. The van der Waals surface area contributed by atoms with Gasteiger partial charge in [-0.15, -0.1) is 0 Å². The van der Waals surface area contributed by atoms with Crippen LogP contribution in [0.3, 0.4) is 0 Å². The van der Waals surface area contributed by atoms with Gasteiger partial charge in [-0.3, -0.25) is 14.4 Å². The van der Waals surface area contributed by atoms with Crippen molar-refractivity contribution in [2.24, 2.45) is 11.8 Å². The molecule has 1 saturated carbocycles. The minimum atomic E-state index is -0.384. The van der Waals surface area contributed by atoms with Crippen LogP contribution in [0.25, 0.3) is 0 Å². The molecule has 1 saturated heterocycles. The fourth-order valence-electron chi connectivity index (χ4n) is 4.99. The molecule has 0 radical (unpaired) electrons. The smallest absolute Gasteiger partial charge is 0.253 e. The highest BCUT2D eigenvalue weighted by Crippen LogP contribution is 2.32. The summed E-state index contributed by atoms with van der Waals surface area (Å²) in [6.45, 7) is 4.36. The lowest BCUT2D eigenvalue weighted by molar-refractivity contribution is -0.121. The summed E-state index contributed by atoms with van der Waals surface area (Å²) in [4.78, 5) is 39.1. The van der Waals surface area contributed by atoms with Crippen LogP contribution >= 0.6 is 0 Å². The number of hydrogen-bond acceptors (Lipinski definition) is 6. The Hall–Kier alpha value is -2.83. The fourth-order valence-corrected chi connectivity index (χ4v) is 4.99. The van der Waals surface area contributed by atoms with Gasteiger partial charge in [0, 0.05) is 25.6 Å². The van der Waals surface area contributed by atoms with E-state index in [0.717, 1.165) is 57.2 Å². The quantitative estimate of drug-likeness (QED) is 0.643. The average molecular weight is 440 g/mol. The number of piperidine rings is 1. The summed E-state index contributed by atoms with van der Waals surface area (Å²) < 4.78 is 5.36. The summed E-state index contributed by atoms with van der Waals surface area (Å²) in [5.74, 6) is 1.08. The monoisotopic (exact) mass is 439 g/mol. The number of hydrogen-bond donors (Lipinski definition) is 2. The predicted molar refractivity (Wildman–Crippen MR) is 128 cm³/mol. The van der Waals surface area contributed by atoms with Crippen molar-refractivity contribution in [3.05, 3.63) is 44.2 Å². The van der Waals surface area contributed by atoms with Gasteiger partial charge in [-0.05, 0) is 75.5 Å². The van der Waals surface area contributed by atoms with Crippen LogP contribution in [-0.4, -0.2) is 32.7 Å². The van der Waals surface area contributed by atoms with Crippen LogP contribution in [0.15, 0.2) is 27.8 Å². The van der Waals surface area contributed by atoms with E-state index in [4.69, 9.17) is 4.74 Å². The summed E-state index contributed by atoms with van der Waals surface area (Å²) in [6.07, 6.45) is 6.79. The number of amides is 1. The first-order valence-corrected chi connectivity index (χ1v) is 11.8. The second-order valence-corrected chi connectivity index (χ2v) is 9.22. The first-order chi connectivity index (χ1) is 15.5. The van der Waals surface area contributed by atoms with Crippen molar-refractivity contribution in [2.45, 2.75) is 51.9 Å². The maximum Gasteiger partial charge on any atom is 0.253 e. The normalized spacial score (nSPS) is 21.4. The molecule has 1 amide bonds. The van der Waals surface area contributed by atoms with Crippen molar-refractivity contribution in [3.63, 3.8) is 0 Å². The predicted octanol–water partition coefficient (Wildman–Crippen LogP) is 3.45. The summed E-state index contributed by atoms with van der Waals surface area (Å²) in [6, 6.07) is 5.75. The Kier molecular flexibility index (Phi) is 6.82. The van der Waals surface area contributed by atoms with E-state index in [-0.39, 0.29) is 22.7 Å². The van der Waals surface area contributed by atoms with Gasteiger partial charge in [0.15, 0.2) is 0 Å². The van der Waals surface area contributed by atoms with Gasteiger partial charge in [-0.2, -0.15) is 0 Å². The minimum Gasteiger partial charge on any atom is -0.495 e. The number of anilines is 3. The topological polar surface area (TPSA) is 87.7 Å². The number of carbonyl (C=O) groups is 1. The molecule has 1 heterocycles. The highest BCUT2D eigenvalue weighted by atomic mass is 16.5. The van der Waals surface area contributed by atoms with Crippen molar-refractivity contribution in [3.8, 4) is 5.75 Å². The molecule has 2 aliphatic rings. The number of methoxy groups -OCH3 is 1. The van der Waals surface area contributed by atoms with Gasteiger partial charge in [0.1, 0.15) is 17.1 Å². The number of ether oxygens (including phenoxy) is 1. The molecule has 2 aromatic carbocycles. The molecule has 2 aromatic rings. The number of nitrogens with zero attached hydrogens (tertiary/aromatic N) is 1. The van der Waals surface area contributed by atoms with E-state index < -0.39 is 0 Å². The largest absolute Gasteiger partial charge is 0.495 e. The third kappa shape index (κ3) is 4.66. The number of aryl methyl sites for hydroxylation is 1. The van der Waals surface area contributed by atoms with E-state index in [9.17, 15) is 14.4 Å². The molecular formula is C25H33N3O4. The SMILES string of the molecule is COc1ccc(C)cc1NC(=O)C1CCC(CNc2c(N3CCCCC3)c(=O)c2=O)CC1. The molecular weight excluding hydrogens is 406 g/mol. The summed E-state index contributed by atoms with van der Waals surface area (Å²) in [5.41, 5.74) is 2.15. The maximum absolute atomic E-state index is 12.8. The lowest BCUT2D eigenvalue weighted by Crippen LogP contribution is -2.45. The zero-order valence-corrected chi connectivity index (χ0v) is 19.0. The van der Waals surface area contributed by atoms with E-state index >= 15 is 0 Å². The number of nitrogens with one attached hydrogen (secondary N) is 2. The molecule has 0 unspecified atom stereocenters. The van der Waals surface area contributed by atoms with E-state index in [2.05, 4.69) is 15.5 Å². The van der Waals surface area contributed by atoms with Gasteiger partial charge in [0.2, 0.25) is 5.91 Å². The van der Waals surface area contributed by atoms with Gasteiger partial charge in [-0.1, -0.05) is 6.07 Å². The van der Waals surface area contributed by atoms with Gasteiger partial charge in [-0.25, -0.2) is 0 Å². The van der Waals surface area contributed by atoms with Crippen LogP contribution < -0.4 is 31.1 Å². The van der Waals surface area contributed by atoms with Crippen LogP contribution in [0.1, 0.15) is 50.5 Å². The van der Waals surface area contributed by atoms with Crippen LogP contribution in [0.4, 0.5) is 17.1 Å². The molecule has 0 atom stereocenters. The first kappa shape index (κ1) is 22.4. The Balaban J connectivity index is 1.28. The number of benzene rings is 1.